The van der Waals surface area contributed by atoms with Gasteiger partial charge in [-0.25, -0.2) is 0 Å². The molecule has 1 amide bonds. The molecule has 4 rings (SSSR count). The number of nitrogens with one attached hydrogen (secondary N) is 2. The Morgan fingerprint density at radius 2 is 2.11 bits per heavy atom. The highest BCUT2D eigenvalue weighted by molar-refractivity contribution is 7.12. The molecule has 4 nitrogen and oxygen atoms in total. The van der Waals surface area contributed by atoms with Crippen molar-refractivity contribution in [2.45, 2.75) is 32.6 Å². The first-order valence-electron chi connectivity index (χ1n) is 9.78. The standard InChI is InChI=1S/C22H27N3OS/c1-15(2)14-25-9-7-16(8-10-25)19-13-23-20-6-5-17(12-18(19)20)24-22(26)21-4-3-11-27-21/h3-6,11-13,15-16,23H,7-10,14H2,1-2H3,(H,24,26). The first-order valence-corrected chi connectivity index (χ1v) is 10.7. The van der Waals surface area contributed by atoms with Gasteiger partial charge >= 0.3 is 0 Å². The number of rotatable bonds is 5. The summed E-state index contributed by atoms with van der Waals surface area (Å²) in [5.41, 5.74) is 3.39. The van der Waals surface area contributed by atoms with Gasteiger partial charge < -0.3 is 15.2 Å². The number of piperidine rings is 1. The van der Waals surface area contributed by atoms with Crippen molar-refractivity contribution in [3.8, 4) is 0 Å². The van der Waals surface area contributed by atoms with E-state index in [4.69, 9.17) is 0 Å². The minimum Gasteiger partial charge on any atom is -0.361 e. The summed E-state index contributed by atoms with van der Waals surface area (Å²) in [5.74, 6) is 1.28. The molecule has 5 heteroatoms. The van der Waals surface area contributed by atoms with Gasteiger partial charge in [0.2, 0.25) is 0 Å². The lowest BCUT2D eigenvalue weighted by molar-refractivity contribution is 0.103. The second kappa shape index (κ2) is 7.87. The lowest BCUT2D eigenvalue weighted by Crippen LogP contribution is -2.35. The van der Waals surface area contributed by atoms with Crippen molar-refractivity contribution >= 4 is 33.8 Å². The van der Waals surface area contributed by atoms with Gasteiger partial charge in [-0.1, -0.05) is 19.9 Å². The minimum atomic E-state index is -0.0385. The Morgan fingerprint density at radius 1 is 1.30 bits per heavy atom. The third-order valence-electron chi connectivity index (χ3n) is 5.37. The summed E-state index contributed by atoms with van der Waals surface area (Å²) >= 11 is 1.46. The number of nitrogens with zero attached hydrogens (tertiary/aromatic N) is 1. The monoisotopic (exact) mass is 381 g/mol. The molecule has 1 fully saturated rings. The van der Waals surface area contributed by atoms with Gasteiger partial charge in [0, 0.05) is 29.3 Å². The van der Waals surface area contributed by atoms with Crippen molar-refractivity contribution in [3.63, 3.8) is 0 Å². The van der Waals surface area contributed by atoms with Crippen molar-refractivity contribution < 1.29 is 4.79 Å². The van der Waals surface area contributed by atoms with E-state index < -0.39 is 0 Å². The van der Waals surface area contributed by atoms with Gasteiger partial charge in [0.05, 0.1) is 4.88 Å². The molecule has 2 aromatic heterocycles. The fourth-order valence-electron chi connectivity index (χ4n) is 4.10. The lowest BCUT2D eigenvalue weighted by atomic mass is 9.89. The number of benzene rings is 1. The van der Waals surface area contributed by atoms with Gasteiger partial charge in [0.25, 0.3) is 5.91 Å². The van der Waals surface area contributed by atoms with Crippen LogP contribution in [0, 0.1) is 5.92 Å². The molecule has 0 aliphatic carbocycles. The number of fused-ring (bicyclic) bond motifs is 1. The molecule has 0 unspecified atom stereocenters. The normalized spacial score (nSPS) is 16.3. The zero-order valence-electron chi connectivity index (χ0n) is 16.0. The molecule has 142 valence electrons. The topological polar surface area (TPSA) is 48.1 Å². The Kier molecular flexibility index (Phi) is 5.32. The first-order chi connectivity index (χ1) is 13.1. The van der Waals surface area contributed by atoms with Crippen LogP contribution in [0.4, 0.5) is 5.69 Å². The second-order valence-electron chi connectivity index (χ2n) is 7.90. The Hall–Kier alpha value is -2.11. The third-order valence-corrected chi connectivity index (χ3v) is 6.24. The van der Waals surface area contributed by atoms with Crippen LogP contribution in [0.5, 0.6) is 0 Å². The summed E-state index contributed by atoms with van der Waals surface area (Å²) in [4.78, 5) is 19.1. The molecule has 0 atom stereocenters. The van der Waals surface area contributed by atoms with E-state index in [0.29, 0.717) is 5.92 Å². The van der Waals surface area contributed by atoms with Crippen LogP contribution in [0.2, 0.25) is 0 Å². The number of carbonyl (C=O) groups excluding carboxylic acids is 1. The van der Waals surface area contributed by atoms with E-state index >= 15 is 0 Å². The molecular formula is C22H27N3OS. The molecule has 0 radical (unpaired) electrons. The number of anilines is 1. The number of thiophene rings is 1. The average molecular weight is 382 g/mol. The second-order valence-corrected chi connectivity index (χ2v) is 8.85. The average Bonchev–Trinajstić information content (AvgIpc) is 3.32. The van der Waals surface area contributed by atoms with Gasteiger partial charge in [0.15, 0.2) is 0 Å². The molecule has 0 spiro atoms. The van der Waals surface area contributed by atoms with E-state index in [9.17, 15) is 4.79 Å². The summed E-state index contributed by atoms with van der Waals surface area (Å²) in [5, 5.41) is 6.20. The highest BCUT2D eigenvalue weighted by Crippen LogP contribution is 2.34. The molecule has 27 heavy (non-hydrogen) atoms. The quantitative estimate of drug-likeness (QED) is 0.628. The fraction of sp³-hybridized carbons (Fsp3) is 0.409. The van der Waals surface area contributed by atoms with E-state index in [1.54, 1.807) is 0 Å². The molecule has 1 saturated heterocycles. The van der Waals surface area contributed by atoms with Crippen LogP contribution in [0.25, 0.3) is 10.9 Å². The summed E-state index contributed by atoms with van der Waals surface area (Å²) < 4.78 is 0. The van der Waals surface area contributed by atoms with Crippen LogP contribution < -0.4 is 5.32 Å². The Labute approximate surface area is 164 Å². The number of likely N-dealkylation sites (tertiary alicyclic amines) is 1. The maximum atomic E-state index is 12.3. The summed E-state index contributed by atoms with van der Waals surface area (Å²) in [7, 11) is 0. The Balaban J connectivity index is 1.50. The first kappa shape index (κ1) is 18.3. The summed E-state index contributed by atoms with van der Waals surface area (Å²) in [6.07, 6.45) is 4.56. The van der Waals surface area contributed by atoms with Crippen molar-refractivity contribution in [2.24, 2.45) is 5.92 Å². The van der Waals surface area contributed by atoms with Crippen LogP contribution in [-0.2, 0) is 0 Å². The number of H-pyrrole nitrogens is 1. The van der Waals surface area contributed by atoms with Crippen LogP contribution >= 0.6 is 11.3 Å². The Bertz CT molecular complexity index is 905. The number of carbonyl (C=O) groups is 1. The largest absolute Gasteiger partial charge is 0.361 e. The van der Waals surface area contributed by atoms with Gasteiger partial charge in [-0.3, -0.25) is 4.79 Å². The molecule has 2 N–H and O–H groups in total. The van der Waals surface area contributed by atoms with Crippen LogP contribution in [0.15, 0.2) is 41.9 Å². The summed E-state index contributed by atoms with van der Waals surface area (Å²) in [6.45, 7) is 8.11. The third kappa shape index (κ3) is 4.09. The maximum absolute atomic E-state index is 12.3. The fourth-order valence-corrected chi connectivity index (χ4v) is 4.72. The van der Waals surface area contributed by atoms with E-state index in [0.717, 1.165) is 22.0 Å². The Morgan fingerprint density at radius 3 is 2.81 bits per heavy atom. The van der Waals surface area contributed by atoms with Crippen molar-refractivity contribution in [1.82, 2.24) is 9.88 Å². The van der Waals surface area contributed by atoms with Crippen LogP contribution in [-0.4, -0.2) is 35.4 Å². The predicted molar refractivity (Wildman–Crippen MR) is 114 cm³/mol. The highest BCUT2D eigenvalue weighted by Gasteiger charge is 2.23. The molecule has 1 aliphatic heterocycles. The van der Waals surface area contributed by atoms with Crippen molar-refractivity contribution in [3.05, 3.63) is 52.3 Å². The van der Waals surface area contributed by atoms with Gasteiger partial charge in [-0.15, -0.1) is 11.3 Å². The van der Waals surface area contributed by atoms with Crippen LogP contribution in [0.1, 0.15) is 47.8 Å². The lowest BCUT2D eigenvalue weighted by Gasteiger charge is -2.33. The van der Waals surface area contributed by atoms with Crippen molar-refractivity contribution in [2.75, 3.05) is 25.0 Å². The molecule has 1 aliphatic rings. The van der Waals surface area contributed by atoms with Crippen molar-refractivity contribution in [1.29, 1.82) is 0 Å². The molecule has 3 aromatic rings. The SMILES string of the molecule is CC(C)CN1CCC(c2c[nH]c3ccc(NC(=O)c4cccs4)cc23)CC1. The number of hydrogen-bond acceptors (Lipinski definition) is 3. The number of hydrogen-bond donors (Lipinski definition) is 2. The van der Waals surface area contributed by atoms with E-state index in [1.807, 2.05) is 23.6 Å². The zero-order chi connectivity index (χ0) is 18.8. The number of amides is 1. The van der Waals surface area contributed by atoms with Gasteiger partial charge in [-0.2, -0.15) is 0 Å². The molecule has 3 heterocycles. The van der Waals surface area contributed by atoms with Crippen LogP contribution in [0.3, 0.4) is 0 Å². The molecule has 0 bridgehead atoms. The zero-order valence-corrected chi connectivity index (χ0v) is 16.8. The van der Waals surface area contributed by atoms with Gasteiger partial charge in [-0.05, 0) is 73.0 Å². The molecule has 0 saturated carbocycles. The van der Waals surface area contributed by atoms with E-state index in [1.165, 1.54) is 54.8 Å². The maximum Gasteiger partial charge on any atom is 0.265 e. The number of aromatic amines is 1. The van der Waals surface area contributed by atoms with E-state index in [-0.39, 0.29) is 5.91 Å². The smallest absolute Gasteiger partial charge is 0.265 e. The number of aromatic nitrogens is 1. The summed E-state index contributed by atoms with van der Waals surface area (Å²) in [6, 6.07) is 9.91. The molecule has 1 aromatic carbocycles. The minimum absolute atomic E-state index is 0.0385. The van der Waals surface area contributed by atoms with Gasteiger partial charge in [0.1, 0.15) is 0 Å². The highest BCUT2D eigenvalue weighted by atomic mass is 32.1. The molecular weight excluding hydrogens is 354 g/mol. The predicted octanol–water partition coefficient (Wildman–Crippen LogP) is 5.32. The van der Waals surface area contributed by atoms with E-state index in [2.05, 4.69) is 47.4 Å².